The van der Waals surface area contributed by atoms with Crippen molar-refractivity contribution in [1.82, 2.24) is 9.13 Å². The second-order valence-electron chi connectivity index (χ2n) is 6.72. The topological polar surface area (TPSA) is 56.0 Å². The lowest BCUT2D eigenvalue weighted by Gasteiger charge is -2.29. The zero-order chi connectivity index (χ0) is 15.5. The molecule has 2 saturated carbocycles. The summed E-state index contributed by atoms with van der Waals surface area (Å²) >= 11 is 0. The van der Waals surface area contributed by atoms with Gasteiger partial charge >= 0.3 is 5.69 Å². The monoisotopic (exact) mass is 305 g/mol. The minimum atomic E-state index is -0.145. The van der Waals surface area contributed by atoms with E-state index < -0.39 is 0 Å². The van der Waals surface area contributed by atoms with Crippen molar-refractivity contribution < 1.29 is 0 Å². The van der Waals surface area contributed by atoms with Crippen LogP contribution in [0.15, 0.2) is 15.7 Å². The molecule has 3 rings (SSSR count). The number of anilines is 1. The molecular formula is C17H27N3O2. The first kappa shape index (κ1) is 15.4. The highest BCUT2D eigenvalue weighted by Gasteiger charge is 2.25. The number of aromatic nitrogens is 2. The van der Waals surface area contributed by atoms with Crippen LogP contribution in [0.2, 0.25) is 0 Å². The largest absolute Gasteiger partial charge is 0.374 e. The van der Waals surface area contributed by atoms with E-state index in [0.29, 0.717) is 5.82 Å². The van der Waals surface area contributed by atoms with Gasteiger partial charge in [-0.2, -0.15) is 0 Å². The highest BCUT2D eigenvalue weighted by atomic mass is 16.2. The average molecular weight is 305 g/mol. The quantitative estimate of drug-likeness (QED) is 0.933. The van der Waals surface area contributed by atoms with Gasteiger partial charge in [0.25, 0.3) is 5.56 Å². The Bertz CT molecular complexity index is 620. The molecule has 5 nitrogen and oxygen atoms in total. The Hall–Kier alpha value is -1.52. The molecule has 0 spiro atoms. The zero-order valence-electron chi connectivity index (χ0n) is 13.5. The van der Waals surface area contributed by atoms with E-state index in [2.05, 4.69) is 5.32 Å². The molecule has 0 bridgehead atoms. The van der Waals surface area contributed by atoms with Gasteiger partial charge in [-0.25, -0.2) is 4.79 Å². The van der Waals surface area contributed by atoms with Crippen molar-refractivity contribution in [1.29, 1.82) is 0 Å². The first-order valence-corrected chi connectivity index (χ1v) is 8.78. The van der Waals surface area contributed by atoms with Gasteiger partial charge in [0.05, 0.1) is 0 Å². The van der Waals surface area contributed by atoms with Crippen LogP contribution in [0.5, 0.6) is 0 Å². The molecule has 2 aliphatic carbocycles. The summed E-state index contributed by atoms with van der Waals surface area (Å²) in [6, 6.07) is 1.94. The van der Waals surface area contributed by atoms with Crippen LogP contribution in [0.3, 0.4) is 0 Å². The molecular weight excluding hydrogens is 278 g/mol. The maximum absolute atomic E-state index is 13.1. The molecule has 1 N–H and O–H groups in total. The lowest BCUT2D eigenvalue weighted by Crippen LogP contribution is -2.44. The van der Waals surface area contributed by atoms with Gasteiger partial charge in [0.15, 0.2) is 0 Å². The summed E-state index contributed by atoms with van der Waals surface area (Å²) in [6.07, 6.45) is 11.0. The molecule has 1 aromatic rings. The van der Waals surface area contributed by atoms with Crippen LogP contribution < -0.4 is 16.6 Å². The molecule has 1 heterocycles. The SMILES string of the molecule is CNc1cc(=O)n(C2CCCCC2)c(=O)n1C1CCCCC1. The molecule has 2 aliphatic rings. The Morgan fingerprint density at radius 2 is 1.36 bits per heavy atom. The Morgan fingerprint density at radius 1 is 0.864 bits per heavy atom. The summed E-state index contributed by atoms with van der Waals surface area (Å²) < 4.78 is 3.39. The number of rotatable bonds is 3. The second-order valence-corrected chi connectivity index (χ2v) is 6.72. The van der Waals surface area contributed by atoms with Crippen LogP contribution in [0.1, 0.15) is 76.3 Å². The Balaban J connectivity index is 2.07. The predicted molar refractivity (Wildman–Crippen MR) is 88.8 cm³/mol. The van der Waals surface area contributed by atoms with Gasteiger partial charge in [-0.05, 0) is 25.7 Å². The van der Waals surface area contributed by atoms with Gasteiger partial charge < -0.3 is 5.32 Å². The Kier molecular flexibility index (Phi) is 4.69. The van der Waals surface area contributed by atoms with E-state index >= 15 is 0 Å². The van der Waals surface area contributed by atoms with Crippen LogP contribution in [0, 0.1) is 0 Å². The van der Waals surface area contributed by atoms with Crippen molar-refractivity contribution in [2.45, 2.75) is 76.3 Å². The van der Waals surface area contributed by atoms with Crippen molar-refractivity contribution in [3.05, 3.63) is 26.9 Å². The van der Waals surface area contributed by atoms with Crippen LogP contribution >= 0.6 is 0 Å². The van der Waals surface area contributed by atoms with Gasteiger partial charge in [-0.15, -0.1) is 0 Å². The predicted octanol–water partition coefficient (Wildman–Crippen LogP) is 3.06. The summed E-state index contributed by atoms with van der Waals surface area (Å²) in [5, 5.41) is 3.05. The third-order valence-corrected chi connectivity index (χ3v) is 5.31. The number of hydrogen-bond acceptors (Lipinski definition) is 3. The molecule has 122 valence electrons. The summed E-state index contributed by atoms with van der Waals surface area (Å²) in [7, 11) is 1.79. The Labute approximate surface area is 131 Å². The molecule has 0 aromatic carbocycles. The van der Waals surface area contributed by atoms with E-state index in [-0.39, 0.29) is 23.3 Å². The molecule has 0 radical (unpaired) electrons. The smallest absolute Gasteiger partial charge is 0.333 e. The first-order valence-electron chi connectivity index (χ1n) is 8.78. The fourth-order valence-corrected chi connectivity index (χ4v) is 4.13. The minimum absolute atomic E-state index is 0.0921. The highest BCUT2D eigenvalue weighted by molar-refractivity contribution is 5.34. The lowest BCUT2D eigenvalue weighted by atomic mass is 9.94. The summed E-state index contributed by atoms with van der Waals surface area (Å²) in [4.78, 5) is 25.5. The van der Waals surface area contributed by atoms with Gasteiger partial charge in [0, 0.05) is 25.2 Å². The molecule has 1 aromatic heterocycles. The van der Waals surface area contributed by atoms with Crippen LogP contribution in [-0.4, -0.2) is 16.2 Å². The average Bonchev–Trinajstić information content (AvgIpc) is 2.56. The maximum atomic E-state index is 13.1. The van der Waals surface area contributed by atoms with E-state index in [1.54, 1.807) is 13.1 Å². The fraction of sp³-hybridized carbons (Fsp3) is 0.765. The third kappa shape index (κ3) is 2.85. The fourth-order valence-electron chi connectivity index (χ4n) is 4.13. The highest BCUT2D eigenvalue weighted by Crippen LogP contribution is 2.30. The molecule has 0 aliphatic heterocycles. The molecule has 0 atom stereocenters. The van der Waals surface area contributed by atoms with E-state index in [4.69, 9.17) is 0 Å². The van der Waals surface area contributed by atoms with Crippen molar-refractivity contribution in [3.8, 4) is 0 Å². The van der Waals surface area contributed by atoms with Gasteiger partial charge in [0.2, 0.25) is 0 Å². The van der Waals surface area contributed by atoms with E-state index in [9.17, 15) is 9.59 Å². The molecule has 22 heavy (non-hydrogen) atoms. The van der Waals surface area contributed by atoms with Crippen molar-refractivity contribution in [2.24, 2.45) is 0 Å². The van der Waals surface area contributed by atoms with Gasteiger partial charge in [0.1, 0.15) is 5.82 Å². The normalized spacial score (nSPS) is 21.0. The minimum Gasteiger partial charge on any atom is -0.374 e. The number of nitrogens with one attached hydrogen (secondary N) is 1. The number of hydrogen-bond donors (Lipinski definition) is 1. The van der Waals surface area contributed by atoms with Crippen LogP contribution in [0.25, 0.3) is 0 Å². The standard InChI is InChI=1S/C17H27N3O2/c1-18-15-12-16(21)20(14-10-6-3-7-11-14)17(22)19(15)13-8-4-2-5-9-13/h12-14,18H,2-11H2,1H3. The first-order chi connectivity index (χ1) is 10.7. The van der Waals surface area contributed by atoms with Crippen LogP contribution in [-0.2, 0) is 0 Å². The molecule has 0 amide bonds. The lowest BCUT2D eigenvalue weighted by molar-refractivity contribution is 0.302. The molecule has 5 heteroatoms. The van der Waals surface area contributed by atoms with Gasteiger partial charge in [-0.3, -0.25) is 13.9 Å². The second kappa shape index (κ2) is 6.71. The van der Waals surface area contributed by atoms with Crippen molar-refractivity contribution in [3.63, 3.8) is 0 Å². The Morgan fingerprint density at radius 3 is 1.86 bits per heavy atom. The molecule has 0 saturated heterocycles. The molecule has 0 unspecified atom stereocenters. The van der Waals surface area contributed by atoms with E-state index in [1.807, 2.05) is 4.57 Å². The number of nitrogens with zero attached hydrogens (tertiary/aromatic N) is 2. The summed E-state index contributed by atoms with van der Waals surface area (Å²) in [5.41, 5.74) is -0.246. The zero-order valence-corrected chi connectivity index (χ0v) is 13.5. The van der Waals surface area contributed by atoms with Crippen molar-refractivity contribution >= 4 is 5.82 Å². The third-order valence-electron chi connectivity index (χ3n) is 5.31. The van der Waals surface area contributed by atoms with Gasteiger partial charge in [-0.1, -0.05) is 38.5 Å². The summed E-state index contributed by atoms with van der Waals surface area (Å²) in [5.74, 6) is 0.675. The maximum Gasteiger partial charge on any atom is 0.333 e. The van der Waals surface area contributed by atoms with Crippen LogP contribution in [0.4, 0.5) is 5.82 Å². The van der Waals surface area contributed by atoms with E-state index in [0.717, 1.165) is 38.5 Å². The summed E-state index contributed by atoms with van der Waals surface area (Å²) in [6.45, 7) is 0. The molecule has 2 fully saturated rings. The van der Waals surface area contributed by atoms with Crippen molar-refractivity contribution in [2.75, 3.05) is 12.4 Å². The van der Waals surface area contributed by atoms with E-state index in [1.165, 1.54) is 30.3 Å².